The highest BCUT2D eigenvalue weighted by Gasteiger charge is 2.18. The molecule has 0 aliphatic carbocycles. The Balaban J connectivity index is 1.50. The second-order valence-electron chi connectivity index (χ2n) is 7.45. The normalized spacial score (nSPS) is 10.7. The molecular formula is C25H22N4O3. The van der Waals surface area contributed by atoms with Gasteiger partial charge in [0.05, 0.1) is 11.5 Å². The average Bonchev–Trinajstić information content (AvgIpc) is 3.31. The lowest BCUT2D eigenvalue weighted by Crippen LogP contribution is -2.24. The van der Waals surface area contributed by atoms with Crippen LogP contribution >= 0.6 is 0 Å². The molecule has 1 N–H and O–H groups in total. The second kappa shape index (κ2) is 9.26. The quantitative estimate of drug-likeness (QED) is 0.341. The summed E-state index contributed by atoms with van der Waals surface area (Å²) < 4.78 is 1.87. The molecule has 1 heterocycles. The standard InChI is InChI=1S/C25H22N4O3/c1-18-22(8-4-9-24(18)29(31)32)25(30)26-16-21-6-2-3-7-23(21)20-12-10-19(11-13-20)17-28-15-5-14-27-28/h2-15H,16-17H2,1H3,(H,26,30). The average molecular weight is 426 g/mol. The van der Waals surface area contributed by atoms with Crippen molar-refractivity contribution in [2.45, 2.75) is 20.0 Å². The minimum atomic E-state index is -0.475. The van der Waals surface area contributed by atoms with E-state index in [0.717, 1.165) is 22.3 Å². The number of carbonyl (C=O) groups is 1. The Bertz CT molecular complexity index is 1250. The summed E-state index contributed by atoms with van der Waals surface area (Å²) in [6, 6.07) is 22.5. The summed E-state index contributed by atoms with van der Waals surface area (Å²) in [6.07, 6.45) is 3.68. The van der Waals surface area contributed by atoms with E-state index in [0.29, 0.717) is 24.2 Å². The van der Waals surface area contributed by atoms with Crippen LogP contribution in [0.4, 0.5) is 5.69 Å². The lowest BCUT2D eigenvalue weighted by atomic mass is 9.98. The first-order valence-corrected chi connectivity index (χ1v) is 10.2. The van der Waals surface area contributed by atoms with Gasteiger partial charge in [-0.25, -0.2) is 0 Å². The molecule has 0 saturated heterocycles. The third-order valence-electron chi connectivity index (χ3n) is 5.37. The first-order chi connectivity index (χ1) is 15.5. The Kier molecular flexibility index (Phi) is 6.07. The number of amides is 1. The number of nitro groups is 1. The number of rotatable bonds is 7. The van der Waals surface area contributed by atoms with Crippen molar-refractivity contribution in [3.05, 3.63) is 118 Å². The van der Waals surface area contributed by atoms with Gasteiger partial charge in [0, 0.05) is 36.1 Å². The predicted molar refractivity (Wildman–Crippen MR) is 122 cm³/mol. The van der Waals surface area contributed by atoms with Gasteiger partial charge in [0.1, 0.15) is 0 Å². The minimum absolute atomic E-state index is 0.0618. The zero-order valence-corrected chi connectivity index (χ0v) is 17.6. The molecule has 160 valence electrons. The molecule has 4 rings (SSSR count). The van der Waals surface area contributed by atoms with Crippen LogP contribution in [0.3, 0.4) is 0 Å². The lowest BCUT2D eigenvalue weighted by molar-refractivity contribution is -0.385. The highest BCUT2D eigenvalue weighted by Crippen LogP contribution is 2.25. The van der Waals surface area contributed by atoms with Crippen molar-refractivity contribution in [1.82, 2.24) is 15.1 Å². The summed E-state index contributed by atoms with van der Waals surface area (Å²) in [4.78, 5) is 23.4. The van der Waals surface area contributed by atoms with Crippen LogP contribution < -0.4 is 5.32 Å². The molecule has 7 nitrogen and oxygen atoms in total. The molecule has 4 aromatic rings. The van der Waals surface area contributed by atoms with Gasteiger partial charge in [0.15, 0.2) is 0 Å². The van der Waals surface area contributed by atoms with Gasteiger partial charge in [-0.2, -0.15) is 5.10 Å². The van der Waals surface area contributed by atoms with Crippen molar-refractivity contribution < 1.29 is 9.72 Å². The number of hydrogen-bond donors (Lipinski definition) is 1. The van der Waals surface area contributed by atoms with Crippen molar-refractivity contribution in [2.75, 3.05) is 0 Å². The Morgan fingerprint density at radius 3 is 2.53 bits per heavy atom. The van der Waals surface area contributed by atoms with E-state index < -0.39 is 4.92 Å². The molecule has 0 bridgehead atoms. The molecule has 0 atom stereocenters. The van der Waals surface area contributed by atoms with Crippen LogP contribution in [0.15, 0.2) is 85.2 Å². The molecule has 0 unspecified atom stereocenters. The Morgan fingerprint density at radius 1 is 1.03 bits per heavy atom. The highest BCUT2D eigenvalue weighted by molar-refractivity contribution is 5.96. The van der Waals surface area contributed by atoms with E-state index >= 15 is 0 Å². The summed E-state index contributed by atoms with van der Waals surface area (Å²) in [7, 11) is 0. The zero-order chi connectivity index (χ0) is 22.5. The summed E-state index contributed by atoms with van der Waals surface area (Å²) in [6.45, 7) is 2.60. The molecule has 0 saturated carbocycles. The molecule has 1 amide bonds. The van der Waals surface area contributed by atoms with Gasteiger partial charge in [-0.05, 0) is 41.3 Å². The van der Waals surface area contributed by atoms with Crippen molar-refractivity contribution in [1.29, 1.82) is 0 Å². The number of carbonyl (C=O) groups excluding carboxylic acids is 1. The molecule has 7 heteroatoms. The molecule has 32 heavy (non-hydrogen) atoms. The summed E-state index contributed by atoms with van der Waals surface area (Å²) >= 11 is 0. The highest BCUT2D eigenvalue weighted by atomic mass is 16.6. The number of benzene rings is 3. The van der Waals surface area contributed by atoms with Crippen molar-refractivity contribution in [3.8, 4) is 11.1 Å². The lowest BCUT2D eigenvalue weighted by Gasteiger charge is -2.13. The summed E-state index contributed by atoms with van der Waals surface area (Å²) in [5.41, 5.74) is 4.77. The Hall–Kier alpha value is -4.26. The number of aromatic nitrogens is 2. The van der Waals surface area contributed by atoms with Gasteiger partial charge in [-0.15, -0.1) is 0 Å². The molecule has 0 aliphatic rings. The van der Waals surface area contributed by atoms with E-state index in [9.17, 15) is 14.9 Å². The topological polar surface area (TPSA) is 90.1 Å². The summed E-state index contributed by atoms with van der Waals surface area (Å²) in [5, 5.41) is 18.3. The number of hydrogen-bond acceptors (Lipinski definition) is 4. The fraction of sp³-hybridized carbons (Fsp3) is 0.120. The smallest absolute Gasteiger partial charge is 0.273 e. The van der Waals surface area contributed by atoms with Crippen molar-refractivity contribution >= 4 is 11.6 Å². The maximum atomic E-state index is 12.7. The first-order valence-electron chi connectivity index (χ1n) is 10.2. The van der Waals surface area contributed by atoms with Crippen LogP contribution in [0.1, 0.15) is 27.0 Å². The summed E-state index contributed by atoms with van der Waals surface area (Å²) in [5.74, 6) is -0.337. The SMILES string of the molecule is Cc1c(C(=O)NCc2ccccc2-c2ccc(Cn3cccn3)cc2)cccc1[N+](=O)[O-]. The fourth-order valence-electron chi connectivity index (χ4n) is 3.66. The minimum Gasteiger partial charge on any atom is -0.348 e. The van der Waals surface area contributed by atoms with E-state index in [1.165, 1.54) is 12.1 Å². The number of nitrogens with one attached hydrogen (secondary N) is 1. The van der Waals surface area contributed by atoms with Crippen LogP contribution in [0.2, 0.25) is 0 Å². The Morgan fingerprint density at radius 2 is 1.81 bits per heavy atom. The molecular weight excluding hydrogens is 404 g/mol. The van der Waals surface area contributed by atoms with E-state index in [1.54, 1.807) is 19.2 Å². The van der Waals surface area contributed by atoms with E-state index in [1.807, 2.05) is 41.2 Å². The monoisotopic (exact) mass is 426 g/mol. The van der Waals surface area contributed by atoms with Gasteiger partial charge < -0.3 is 5.32 Å². The van der Waals surface area contributed by atoms with Crippen LogP contribution in [-0.4, -0.2) is 20.6 Å². The van der Waals surface area contributed by atoms with Crippen LogP contribution in [0.25, 0.3) is 11.1 Å². The van der Waals surface area contributed by atoms with Gasteiger partial charge >= 0.3 is 0 Å². The third kappa shape index (κ3) is 4.57. The van der Waals surface area contributed by atoms with E-state index in [-0.39, 0.29) is 11.6 Å². The maximum Gasteiger partial charge on any atom is 0.273 e. The third-order valence-corrected chi connectivity index (χ3v) is 5.37. The van der Waals surface area contributed by atoms with Gasteiger partial charge in [0.2, 0.25) is 0 Å². The zero-order valence-electron chi connectivity index (χ0n) is 17.6. The fourth-order valence-corrected chi connectivity index (χ4v) is 3.66. The second-order valence-corrected chi connectivity index (χ2v) is 7.45. The first kappa shape index (κ1) is 21.0. The Labute approximate surface area is 185 Å². The predicted octanol–water partition coefficient (Wildman–Crippen LogP) is 4.75. The van der Waals surface area contributed by atoms with Crippen LogP contribution in [0, 0.1) is 17.0 Å². The van der Waals surface area contributed by atoms with E-state index in [4.69, 9.17) is 0 Å². The molecule has 1 aromatic heterocycles. The maximum absolute atomic E-state index is 12.7. The largest absolute Gasteiger partial charge is 0.348 e. The number of nitrogens with zero attached hydrogens (tertiary/aromatic N) is 3. The van der Waals surface area contributed by atoms with Crippen LogP contribution in [-0.2, 0) is 13.1 Å². The van der Waals surface area contributed by atoms with Gasteiger partial charge in [-0.1, -0.05) is 54.6 Å². The molecule has 0 radical (unpaired) electrons. The van der Waals surface area contributed by atoms with Gasteiger partial charge in [-0.3, -0.25) is 19.6 Å². The number of nitro benzene ring substituents is 1. The molecule has 0 aliphatic heterocycles. The molecule has 0 fully saturated rings. The molecule has 3 aromatic carbocycles. The van der Waals surface area contributed by atoms with Crippen molar-refractivity contribution in [3.63, 3.8) is 0 Å². The van der Waals surface area contributed by atoms with Crippen LogP contribution in [0.5, 0.6) is 0 Å². The molecule has 0 spiro atoms. The van der Waals surface area contributed by atoms with E-state index in [2.05, 4.69) is 34.7 Å². The van der Waals surface area contributed by atoms with Gasteiger partial charge in [0.25, 0.3) is 11.6 Å². The van der Waals surface area contributed by atoms with Crippen molar-refractivity contribution in [2.24, 2.45) is 0 Å².